The fourth-order valence-corrected chi connectivity index (χ4v) is 2.74. The zero-order valence-electron chi connectivity index (χ0n) is 18.6. The van der Waals surface area contributed by atoms with Gasteiger partial charge in [-0.3, -0.25) is 9.59 Å². The van der Waals surface area contributed by atoms with Crippen molar-refractivity contribution in [2.75, 3.05) is 20.8 Å². The average molecular weight is 461 g/mol. The molecule has 3 aromatic carbocycles. The molecule has 0 bridgehead atoms. The molecule has 0 spiro atoms. The van der Waals surface area contributed by atoms with Crippen LogP contribution in [0.25, 0.3) is 0 Å². The second-order valence-corrected chi connectivity index (χ2v) is 6.89. The Morgan fingerprint density at radius 1 is 0.765 bits per heavy atom. The Labute approximate surface area is 196 Å². The summed E-state index contributed by atoms with van der Waals surface area (Å²) < 4.78 is 15.4. The van der Waals surface area contributed by atoms with Gasteiger partial charge in [-0.05, 0) is 78.4 Å². The number of hydrogen-bond acceptors (Lipinski definition) is 7. The Hall–Kier alpha value is -4.66. The van der Waals surface area contributed by atoms with E-state index in [0.717, 1.165) is 0 Å². The Morgan fingerprint density at radius 2 is 1.29 bits per heavy atom. The summed E-state index contributed by atoms with van der Waals surface area (Å²) in [5.41, 5.74) is 3.81. The lowest BCUT2D eigenvalue weighted by Crippen LogP contribution is -2.34. The van der Waals surface area contributed by atoms with Gasteiger partial charge in [0.2, 0.25) is 0 Å². The molecule has 9 heteroatoms. The van der Waals surface area contributed by atoms with E-state index in [9.17, 15) is 14.4 Å². The first-order valence-corrected chi connectivity index (χ1v) is 10.2. The smallest absolute Gasteiger partial charge is 0.343 e. The van der Waals surface area contributed by atoms with Crippen molar-refractivity contribution in [1.29, 1.82) is 0 Å². The summed E-state index contributed by atoms with van der Waals surface area (Å²) in [5, 5.41) is 6.37. The lowest BCUT2D eigenvalue weighted by molar-refractivity contribution is -0.120. The fourth-order valence-electron chi connectivity index (χ4n) is 2.74. The molecule has 0 aromatic heterocycles. The summed E-state index contributed by atoms with van der Waals surface area (Å²) in [4.78, 5) is 36.2. The number of amides is 2. The predicted octanol–water partition coefficient (Wildman–Crippen LogP) is 2.80. The van der Waals surface area contributed by atoms with E-state index in [-0.39, 0.29) is 12.5 Å². The van der Waals surface area contributed by atoms with Crippen molar-refractivity contribution in [1.82, 2.24) is 10.7 Å². The molecule has 9 nitrogen and oxygen atoms in total. The first-order valence-electron chi connectivity index (χ1n) is 10.2. The van der Waals surface area contributed by atoms with Crippen molar-refractivity contribution < 1.29 is 28.6 Å². The molecule has 3 aromatic rings. The number of nitrogens with one attached hydrogen (secondary N) is 2. The zero-order valence-corrected chi connectivity index (χ0v) is 18.6. The summed E-state index contributed by atoms with van der Waals surface area (Å²) >= 11 is 0. The molecule has 0 aliphatic rings. The Kier molecular flexibility index (Phi) is 8.34. The van der Waals surface area contributed by atoms with Gasteiger partial charge in [-0.15, -0.1) is 0 Å². The minimum Gasteiger partial charge on any atom is -0.497 e. The largest absolute Gasteiger partial charge is 0.497 e. The third kappa shape index (κ3) is 6.92. The van der Waals surface area contributed by atoms with Crippen molar-refractivity contribution in [3.63, 3.8) is 0 Å². The highest BCUT2D eigenvalue weighted by atomic mass is 16.5. The number of carbonyl (C=O) groups is 3. The van der Waals surface area contributed by atoms with Gasteiger partial charge in [0.1, 0.15) is 17.2 Å². The summed E-state index contributed by atoms with van der Waals surface area (Å²) in [6.45, 7) is -0.234. The molecule has 34 heavy (non-hydrogen) atoms. The van der Waals surface area contributed by atoms with Gasteiger partial charge in [0.15, 0.2) is 0 Å². The van der Waals surface area contributed by atoms with Crippen molar-refractivity contribution in [3.05, 3.63) is 89.5 Å². The van der Waals surface area contributed by atoms with Crippen LogP contribution in [0.4, 0.5) is 0 Å². The monoisotopic (exact) mass is 461 g/mol. The zero-order chi connectivity index (χ0) is 24.3. The van der Waals surface area contributed by atoms with E-state index in [1.807, 2.05) is 0 Å². The van der Waals surface area contributed by atoms with Gasteiger partial charge in [-0.1, -0.05) is 0 Å². The number of esters is 1. The van der Waals surface area contributed by atoms with Gasteiger partial charge in [0, 0.05) is 5.56 Å². The highest BCUT2D eigenvalue weighted by Gasteiger charge is 2.09. The van der Waals surface area contributed by atoms with Crippen LogP contribution in [0.15, 0.2) is 77.9 Å². The lowest BCUT2D eigenvalue weighted by Gasteiger charge is -2.06. The van der Waals surface area contributed by atoms with E-state index < -0.39 is 11.9 Å². The van der Waals surface area contributed by atoms with Crippen LogP contribution in [0, 0.1) is 0 Å². The molecular formula is C25H23N3O6. The first-order chi connectivity index (χ1) is 16.5. The molecule has 2 amide bonds. The molecule has 0 saturated heterocycles. The molecule has 174 valence electrons. The molecule has 0 atom stereocenters. The van der Waals surface area contributed by atoms with Gasteiger partial charge < -0.3 is 19.5 Å². The molecule has 0 fully saturated rings. The fraction of sp³-hybridized carbons (Fsp3) is 0.120. The molecule has 0 radical (unpaired) electrons. The third-order valence-corrected chi connectivity index (χ3v) is 4.58. The number of hydrogen-bond donors (Lipinski definition) is 2. The summed E-state index contributed by atoms with van der Waals surface area (Å²) in [5.74, 6) is 0.278. The van der Waals surface area contributed by atoms with Crippen molar-refractivity contribution in [2.24, 2.45) is 5.10 Å². The van der Waals surface area contributed by atoms with Crippen LogP contribution in [-0.2, 0) is 4.79 Å². The molecule has 0 heterocycles. The maximum absolute atomic E-state index is 12.2. The second kappa shape index (κ2) is 11.8. The molecular weight excluding hydrogens is 438 g/mol. The quantitative estimate of drug-likeness (QED) is 0.219. The van der Waals surface area contributed by atoms with E-state index in [4.69, 9.17) is 14.2 Å². The summed E-state index contributed by atoms with van der Waals surface area (Å²) in [6, 6.07) is 19.7. The number of rotatable bonds is 9. The average Bonchev–Trinajstić information content (AvgIpc) is 2.88. The van der Waals surface area contributed by atoms with Crippen molar-refractivity contribution in [2.45, 2.75) is 0 Å². The van der Waals surface area contributed by atoms with E-state index >= 15 is 0 Å². The van der Waals surface area contributed by atoms with Gasteiger partial charge in [0.25, 0.3) is 11.8 Å². The Bertz CT molecular complexity index is 1160. The molecule has 2 N–H and O–H groups in total. The first kappa shape index (κ1) is 24.0. The molecule has 0 aliphatic heterocycles. The van der Waals surface area contributed by atoms with Crippen molar-refractivity contribution in [3.8, 4) is 17.2 Å². The number of carbonyl (C=O) groups excluding carboxylic acids is 3. The van der Waals surface area contributed by atoms with Crippen molar-refractivity contribution >= 4 is 24.0 Å². The van der Waals surface area contributed by atoms with Gasteiger partial charge >= 0.3 is 5.97 Å². The minimum atomic E-state index is -0.493. The van der Waals surface area contributed by atoms with Crippen LogP contribution >= 0.6 is 0 Å². The van der Waals surface area contributed by atoms with Gasteiger partial charge in [-0.2, -0.15) is 5.10 Å². The summed E-state index contributed by atoms with van der Waals surface area (Å²) in [6.07, 6.45) is 1.43. The lowest BCUT2D eigenvalue weighted by atomic mass is 10.2. The van der Waals surface area contributed by atoms with Crippen LogP contribution in [0.5, 0.6) is 17.2 Å². The number of benzene rings is 3. The van der Waals surface area contributed by atoms with Crippen LogP contribution in [-0.4, -0.2) is 44.8 Å². The number of hydrazone groups is 1. The number of nitrogens with zero attached hydrogens (tertiary/aromatic N) is 1. The van der Waals surface area contributed by atoms with E-state index in [0.29, 0.717) is 33.9 Å². The maximum Gasteiger partial charge on any atom is 0.343 e. The van der Waals surface area contributed by atoms with Crippen LogP contribution < -0.4 is 25.0 Å². The molecule has 0 unspecified atom stereocenters. The topological polar surface area (TPSA) is 115 Å². The van der Waals surface area contributed by atoms with E-state index in [1.54, 1.807) is 79.9 Å². The van der Waals surface area contributed by atoms with Crippen LogP contribution in [0.2, 0.25) is 0 Å². The van der Waals surface area contributed by atoms with Crippen LogP contribution in [0.1, 0.15) is 26.3 Å². The number of methoxy groups -OCH3 is 2. The normalized spacial score (nSPS) is 10.4. The maximum atomic E-state index is 12.2. The minimum absolute atomic E-state index is 0.234. The predicted molar refractivity (Wildman–Crippen MR) is 125 cm³/mol. The Morgan fingerprint density at radius 3 is 1.85 bits per heavy atom. The van der Waals surface area contributed by atoms with Gasteiger partial charge in [-0.25, -0.2) is 10.2 Å². The Balaban J connectivity index is 1.43. The summed E-state index contributed by atoms with van der Waals surface area (Å²) in [7, 11) is 3.08. The van der Waals surface area contributed by atoms with E-state index in [2.05, 4.69) is 15.8 Å². The molecule has 0 saturated carbocycles. The SMILES string of the molecule is COc1ccc(C(=O)NCC(=O)NN=Cc2ccc(OC(=O)c3ccc(OC)cc3)cc2)cc1. The molecule has 3 rings (SSSR count). The molecule has 0 aliphatic carbocycles. The highest BCUT2D eigenvalue weighted by Crippen LogP contribution is 2.16. The number of ether oxygens (including phenoxy) is 3. The van der Waals surface area contributed by atoms with Crippen LogP contribution in [0.3, 0.4) is 0 Å². The standard InChI is InChI=1S/C25H23N3O6/c1-32-20-11-5-18(6-12-20)24(30)26-16-23(29)28-27-15-17-3-9-22(10-4-17)34-25(31)19-7-13-21(33-2)14-8-19/h3-15H,16H2,1-2H3,(H,26,30)(H,28,29). The highest BCUT2D eigenvalue weighted by molar-refractivity contribution is 5.96. The van der Waals surface area contributed by atoms with Gasteiger partial charge in [0.05, 0.1) is 32.5 Å². The van der Waals surface area contributed by atoms with E-state index in [1.165, 1.54) is 13.3 Å². The second-order valence-electron chi connectivity index (χ2n) is 6.89. The third-order valence-electron chi connectivity index (χ3n) is 4.58.